The number of rotatable bonds is 6. The van der Waals surface area contributed by atoms with Crippen molar-refractivity contribution < 1.29 is 4.74 Å². The van der Waals surface area contributed by atoms with E-state index in [0.29, 0.717) is 5.82 Å². The molecule has 1 aliphatic heterocycles. The number of pyridine rings is 1. The van der Waals surface area contributed by atoms with E-state index in [1.807, 2.05) is 25.4 Å². The molecule has 0 saturated heterocycles. The summed E-state index contributed by atoms with van der Waals surface area (Å²) >= 11 is 0. The molecule has 1 spiro atoms. The summed E-state index contributed by atoms with van der Waals surface area (Å²) in [5.74, 6) is 2.34. The van der Waals surface area contributed by atoms with Gasteiger partial charge in [-0.05, 0) is 129 Å². The van der Waals surface area contributed by atoms with E-state index in [9.17, 15) is 0 Å². The molecule has 3 heterocycles. The van der Waals surface area contributed by atoms with E-state index in [0.717, 1.165) is 67.4 Å². The Bertz CT molecular complexity index is 3400. The molecule has 1 aliphatic carbocycles. The molecule has 0 radical (unpaired) electrons. The summed E-state index contributed by atoms with van der Waals surface area (Å²) in [5.41, 5.74) is 20.6. The van der Waals surface area contributed by atoms with E-state index < -0.39 is 5.41 Å². The Labute approximate surface area is 373 Å². The van der Waals surface area contributed by atoms with Gasteiger partial charge in [0, 0.05) is 34.6 Å². The normalized spacial score (nSPS) is 12.8. The van der Waals surface area contributed by atoms with Crippen molar-refractivity contribution >= 4 is 0 Å². The zero-order valence-corrected chi connectivity index (χ0v) is 35.5. The van der Waals surface area contributed by atoms with Crippen LogP contribution in [-0.4, -0.2) is 15.0 Å². The van der Waals surface area contributed by atoms with Crippen molar-refractivity contribution in [1.82, 2.24) is 15.0 Å². The molecule has 2 aliphatic rings. The highest BCUT2D eigenvalue weighted by atomic mass is 16.5. The first-order valence-electron chi connectivity index (χ1n) is 21.8. The van der Waals surface area contributed by atoms with Crippen LogP contribution < -0.4 is 4.74 Å². The maximum atomic E-state index is 7.20. The molecule has 0 bridgehead atoms. The summed E-state index contributed by atoms with van der Waals surface area (Å²) < 4.78 is 7.20. The van der Waals surface area contributed by atoms with Crippen LogP contribution in [-0.2, 0) is 5.41 Å². The van der Waals surface area contributed by atoms with Crippen LogP contribution in [0.5, 0.6) is 11.5 Å². The van der Waals surface area contributed by atoms with Crippen molar-refractivity contribution in [3.05, 3.63) is 246 Å². The average Bonchev–Trinajstić information content (AvgIpc) is 3.64. The molecule has 0 amide bonds. The standard InChI is InChI=1S/C60H41N3O/c1-38-37-61-32-31-48(38)46-17-10-15-43(33-46)41-25-27-42(28-26-41)45-29-30-58-55(35-45)60(52-22-8-6-19-49(52)50-20-7-9-23-53(50)60)54-24-12-21-51(59(54)64-58)57-36-56(62-39(2)63-57)47-18-11-16-44(34-47)40-13-4-3-5-14-40/h3-37H,1-2H3. The Kier molecular flexibility index (Phi) is 8.80. The predicted molar refractivity (Wildman–Crippen MR) is 259 cm³/mol. The van der Waals surface area contributed by atoms with Crippen molar-refractivity contribution in [3.63, 3.8) is 0 Å². The minimum Gasteiger partial charge on any atom is -0.456 e. The number of hydrogen-bond donors (Lipinski definition) is 0. The number of fused-ring (bicyclic) bond motifs is 9. The van der Waals surface area contributed by atoms with E-state index in [4.69, 9.17) is 14.7 Å². The van der Waals surface area contributed by atoms with E-state index in [1.54, 1.807) is 0 Å². The van der Waals surface area contributed by atoms with Gasteiger partial charge in [-0.25, -0.2) is 9.97 Å². The van der Waals surface area contributed by atoms with Crippen LogP contribution in [0.4, 0.5) is 0 Å². The molecule has 4 heteroatoms. The monoisotopic (exact) mass is 819 g/mol. The zero-order chi connectivity index (χ0) is 42.8. The summed E-state index contributed by atoms with van der Waals surface area (Å²) in [7, 11) is 0. The van der Waals surface area contributed by atoms with Gasteiger partial charge in [-0.1, -0.05) is 158 Å². The number of hydrogen-bond acceptors (Lipinski definition) is 4. The number of para-hydroxylation sites is 1. The number of benzene rings is 8. The van der Waals surface area contributed by atoms with Crippen molar-refractivity contribution in [1.29, 1.82) is 0 Å². The van der Waals surface area contributed by atoms with Gasteiger partial charge in [0.2, 0.25) is 0 Å². The average molecular weight is 820 g/mol. The first-order valence-corrected chi connectivity index (χ1v) is 21.8. The van der Waals surface area contributed by atoms with Crippen LogP contribution in [0.25, 0.3) is 78.1 Å². The molecule has 0 atom stereocenters. The minimum absolute atomic E-state index is 0.650. The topological polar surface area (TPSA) is 47.9 Å². The van der Waals surface area contributed by atoms with Crippen molar-refractivity contribution in [3.8, 4) is 89.6 Å². The summed E-state index contributed by atoms with van der Waals surface area (Å²) in [6, 6.07) is 72.0. The van der Waals surface area contributed by atoms with Crippen LogP contribution in [0.1, 0.15) is 33.6 Å². The van der Waals surface area contributed by atoms with E-state index in [2.05, 4.69) is 206 Å². The molecule has 302 valence electrons. The molecular weight excluding hydrogens is 779 g/mol. The largest absolute Gasteiger partial charge is 0.456 e. The van der Waals surface area contributed by atoms with Crippen LogP contribution in [0.3, 0.4) is 0 Å². The van der Waals surface area contributed by atoms with Gasteiger partial charge in [-0.15, -0.1) is 0 Å². The molecule has 12 rings (SSSR count). The van der Waals surface area contributed by atoms with E-state index in [-0.39, 0.29) is 0 Å². The Morgan fingerprint density at radius 3 is 1.62 bits per heavy atom. The fourth-order valence-corrected chi connectivity index (χ4v) is 10.2. The number of ether oxygens (including phenoxy) is 1. The highest BCUT2D eigenvalue weighted by Crippen LogP contribution is 2.63. The lowest BCUT2D eigenvalue weighted by molar-refractivity contribution is 0.438. The molecule has 0 unspecified atom stereocenters. The molecule has 10 aromatic rings. The quantitative estimate of drug-likeness (QED) is 0.168. The van der Waals surface area contributed by atoms with E-state index in [1.165, 1.54) is 50.1 Å². The Hall–Kier alpha value is -8.21. The second-order valence-corrected chi connectivity index (χ2v) is 16.8. The van der Waals surface area contributed by atoms with Crippen molar-refractivity contribution in [2.24, 2.45) is 0 Å². The van der Waals surface area contributed by atoms with Gasteiger partial charge in [-0.3, -0.25) is 4.98 Å². The Morgan fingerprint density at radius 2 is 0.906 bits per heavy atom. The Balaban J connectivity index is 0.993. The lowest BCUT2D eigenvalue weighted by Gasteiger charge is -2.40. The van der Waals surface area contributed by atoms with Gasteiger partial charge in [0.05, 0.1) is 16.8 Å². The molecule has 0 N–H and O–H groups in total. The molecule has 0 saturated carbocycles. The molecular formula is C60H41N3O. The fraction of sp³-hybridized carbons (Fsp3) is 0.0500. The molecule has 8 aromatic carbocycles. The van der Waals surface area contributed by atoms with Crippen LogP contribution >= 0.6 is 0 Å². The number of nitrogens with zero attached hydrogens (tertiary/aromatic N) is 3. The SMILES string of the molecule is Cc1nc(-c2cccc(-c3ccccc3)c2)cc(-c2cccc3c2Oc2ccc(-c4ccc(-c5cccc(-c6ccncc6C)c5)cc4)cc2C32c3ccccc3-c3ccccc32)n1. The smallest absolute Gasteiger partial charge is 0.141 e. The first kappa shape index (κ1) is 37.5. The third-order valence-electron chi connectivity index (χ3n) is 13.1. The van der Waals surface area contributed by atoms with Crippen LogP contribution in [0.2, 0.25) is 0 Å². The first-order chi connectivity index (χ1) is 31.5. The highest BCUT2D eigenvalue weighted by Gasteiger charge is 2.51. The van der Waals surface area contributed by atoms with E-state index >= 15 is 0 Å². The molecule has 64 heavy (non-hydrogen) atoms. The lowest BCUT2D eigenvalue weighted by atomic mass is 9.65. The maximum absolute atomic E-state index is 7.20. The summed E-state index contributed by atoms with van der Waals surface area (Å²) in [5, 5.41) is 0. The lowest BCUT2D eigenvalue weighted by Crippen LogP contribution is -2.32. The molecule has 0 fully saturated rings. The van der Waals surface area contributed by atoms with Crippen LogP contribution in [0, 0.1) is 13.8 Å². The maximum Gasteiger partial charge on any atom is 0.141 e. The van der Waals surface area contributed by atoms with Gasteiger partial charge in [0.1, 0.15) is 17.3 Å². The van der Waals surface area contributed by atoms with Gasteiger partial charge < -0.3 is 4.74 Å². The highest BCUT2D eigenvalue weighted by molar-refractivity contribution is 5.91. The van der Waals surface area contributed by atoms with Crippen molar-refractivity contribution in [2.75, 3.05) is 0 Å². The zero-order valence-electron chi connectivity index (χ0n) is 35.5. The molecule has 2 aromatic heterocycles. The second-order valence-electron chi connectivity index (χ2n) is 16.8. The number of aryl methyl sites for hydroxylation is 2. The third-order valence-corrected chi connectivity index (χ3v) is 13.1. The number of aromatic nitrogens is 3. The van der Waals surface area contributed by atoms with Gasteiger partial charge >= 0.3 is 0 Å². The second kappa shape index (κ2) is 15.0. The summed E-state index contributed by atoms with van der Waals surface area (Å²) in [6.45, 7) is 4.08. The molecule has 4 nitrogen and oxygen atoms in total. The Morgan fingerprint density at radius 1 is 0.375 bits per heavy atom. The fourth-order valence-electron chi connectivity index (χ4n) is 10.2. The predicted octanol–water partition coefficient (Wildman–Crippen LogP) is 15.0. The summed E-state index contributed by atoms with van der Waals surface area (Å²) in [6.07, 6.45) is 3.78. The van der Waals surface area contributed by atoms with Crippen LogP contribution in [0.15, 0.2) is 213 Å². The van der Waals surface area contributed by atoms with Crippen molar-refractivity contribution in [2.45, 2.75) is 19.3 Å². The van der Waals surface area contributed by atoms with Gasteiger partial charge in [0.25, 0.3) is 0 Å². The van der Waals surface area contributed by atoms with Gasteiger partial charge in [0.15, 0.2) is 0 Å². The minimum atomic E-state index is -0.650. The third kappa shape index (κ3) is 6.02. The van der Waals surface area contributed by atoms with Gasteiger partial charge in [-0.2, -0.15) is 0 Å². The summed E-state index contributed by atoms with van der Waals surface area (Å²) in [4.78, 5) is 14.4.